The number of aliphatic hydroxyl groups excluding tert-OH is 2. The minimum absolute atomic E-state index is 0.167. The van der Waals surface area contributed by atoms with Crippen molar-refractivity contribution in [3.63, 3.8) is 0 Å². The maximum absolute atomic E-state index is 8.08. The fraction of sp³-hybridized carbons (Fsp3) is 1.00. The summed E-state index contributed by atoms with van der Waals surface area (Å²) in [7, 11) is 0. The van der Waals surface area contributed by atoms with Gasteiger partial charge in [0.15, 0.2) is 0 Å². The van der Waals surface area contributed by atoms with E-state index < -0.39 is 5.00 Å². The molecular weight excluding hydrogens is 135 g/mol. The van der Waals surface area contributed by atoms with Crippen molar-refractivity contribution in [3.8, 4) is 0 Å². The van der Waals surface area contributed by atoms with Gasteiger partial charge in [-0.1, -0.05) is 0 Å². The van der Waals surface area contributed by atoms with Crippen LogP contribution in [0.5, 0.6) is 0 Å². The Hall–Kier alpha value is 0.439. The Bertz CT molecular complexity index is 21.6. The summed E-state index contributed by atoms with van der Waals surface area (Å²) < 4.78 is 0. The van der Waals surface area contributed by atoms with Gasteiger partial charge >= 0.3 is 37.8 Å². The Morgan fingerprint density at radius 2 is 2.00 bits per heavy atom. The van der Waals surface area contributed by atoms with Gasteiger partial charge < -0.3 is 0 Å². The van der Waals surface area contributed by atoms with Crippen molar-refractivity contribution in [3.05, 3.63) is 0 Å². The molecule has 0 aromatic rings. The standard InChI is InChI=1S/C2H6O2Se/c3-1-2(4)5/h2-5H,1H2. The molecule has 0 aromatic carbocycles. The van der Waals surface area contributed by atoms with E-state index in [0.717, 1.165) is 0 Å². The number of rotatable bonds is 1. The zero-order valence-electron chi connectivity index (χ0n) is 2.63. The van der Waals surface area contributed by atoms with Gasteiger partial charge in [-0.15, -0.1) is 0 Å². The molecule has 1 atom stereocenters. The van der Waals surface area contributed by atoms with E-state index in [1.807, 2.05) is 16.0 Å². The van der Waals surface area contributed by atoms with E-state index in [1.54, 1.807) is 0 Å². The topological polar surface area (TPSA) is 40.5 Å². The van der Waals surface area contributed by atoms with Crippen molar-refractivity contribution in [1.82, 2.24) is 0 Å². The third-order valence-corrected chi connectivity index (χ3v) is 0.506. The Morgan fingerprint density at radius 1 is 1.80 bits per heavy atom. The molecule has 0 saturated carbocycles. The zero-order valence-corrected chi connectivity index (χ0v) is 4.50. The summed E-state index contributed by atoms with van der Waals surface area (Å²) in [6.45, 7) is -0.167. The van der Waals surface area contributed by atoms with Crippen molar-refractivity contribution in [2.24, 2.45) is 0 Å². The summed E-state index contributed by atoms with van der Waals surface area (Å²) in [5.41, 5.74) is 0. The molecule has 0 aromatic heterocycles. The minimum atomic E-state index is -0.623. The summed E-state index contributed by atoms with van der Waals surface area (Å²) in [5.74, 6) is 0. The van der Waals surface area contributed by atoms with Crippen LogP contribution in [0.3, 0.4) is 0 Å². The molecule has 0 aliphatic rings. The molecule has 0 aliphatic heterocycles. The molecular formula is C2H6O2Se. The van der Waals surface area contributed by atoms with Crippen LogP contribution in [0.4, 0.5) is 0 Å². The number of hydrogen-bond donors (Lipinski definition) is 2. The van der Waals surface area contributed by atoms with Crippen LogP contribution in [0.1, 0.15) is 0 Å². The summed E-state index contributed by atoms with van der Waals surface area (Å²) in [6, 6.07) is 0. The molecule has 0 radical (unpaired) electrons. The van der Waals surface area contributed by atoms with E-state index in [9.17, 15) is 0 Å². The van der Waals surface area contributed by atoms with Crippen molar-refractivity contribution in [2.45, 2.75) is 5.00 Å². The van der Waals surface area contributed by atoms with E-state index in [0.29, 0.717) is 0 Å². The van der Waals surface area contributed by atoms with E-state index in [-0.39, 0.29) is 6.61 Å². The predicted octanol–water partition coefficient (Wildman–Crippen LogP) is -1.80. The van der Waals surface area contributed by atoms with E-state index in [2.05, 4.69) is 0 Å². The van der Waals surface area contributed by atoms with Crippen molar-refractivity contribution < 1.29 is 10.2 Å². The van der Waals surface area contributed by atoms with Crippen LogP contribution in [0.15, 0.2) is 0 Å². The normalized spacial score (nSPS) is 15.0. The Morgan fingerprint density at radius 3 is 2.00 bits per heavy atom. The van der Waals surface area contributed by atoms with Crippen molar-refractivity contribution in [2.75, 3.05) is 6.61 Å². The van der Waals surface area contributed by atoms with Gasteiger partial charge in [-0.25, -0.2) is 0 Å². The summed E-state index contributed by atoms with van der Waals surface area (Å²) in [6.07, 6.45) is 0. The first kappa shape index (κ1) is 5.44. The third-order valence-electron chi connectivity index (χ3n) is 0.163. The molecule has 0 saturated heterocycles. The molecule has 0 spiro atoms. The fourth-order valence-corrected chi connectivity index (χ4v) is 0. The molecule has 32 valence electrons. The molecule has 0 amide bonds. The summed E-state index contributed by atoms with van der Waals surface area (Å²) >= 11 is 1.91. The van der Waals surface area contributed by atoms with Gasteiger partial charge in [0.25, 0.3) is 0 Å². The molecule has 2 N–H and O–H groups in total. The van der Waals surface area contributed by atoms with Gasteiger partial charge in [0, 0.05) is 0 Å². The Labute approximate surface area is 38.6 Å². The quantitative estimate of drug-likeness (QED) is 0.423. The average Bonchev–Trinajstić information content (AvgIpc) is 1.38. The van der Waals surface area contributed by atoms with Crippen LogP contribution in [-0.4, -0.2) is 37.8 Å². The van der Waals surface area contributed by atoms with Crippen LogP contribution in [-0.2, 0) is 0 Å². The average molecular weight is 141 g/mol. The third kappa shape index (κ3) is 4.44. The predicted molar refractivity (Wildman–Crippen MR) is 20.2 cm³/mol. The zero-order chi connectivity index (χ0) is 4.28. The van der Waals surface area contributed by atoms with Gasteiger partial charge in [-0.2, -0.15) is 0 Å². The monoisotopic (exact) mass is 142 g/mol. The second kappa shape index (κ2) is 2.66. The molecule has 0 fully saturated rings. The molecule has 0 heterocycles. The first-order valence-electron chi connectivity index (χ1n) is 1.24. The van der Waals surface area contributed by atoms with Crippen LogP contribution in [0, 0.1) is 0 Å². The van der Waals surface area contributed by atoms with Crippen LogP contribution in [0.2, 0.25) is 0 Å². The molecule has 1 unspecified atom stereocenters. The molecule has 0 bridgehead atoms. The van der Waals surface area contributed by atoms with Gasteiger partial charge in [0.1, 0.15) is 0 Å². The second-order valence-corrected chi connectivity index (χ2v) is 1.91. The van der Waals surface area contributed by atoms with E-state index in [1.165, 1.54) is 0 Å². The molecule has 0 rings (SSSR count). The maximum atomic E-state index is 8.08. The van der Waals surface area contributed by atoms with Gasteiger partial charge in [-0.05, 0) is 0 Å². The van der Waals surface area contributed by atoms with E-state index >= 15 is 0 Å². The van der Waals surface area contributed by atoms with Gasteiger partial charge in [0.2, 0.25) is 0 Å². The first-order valence-corrected chi connectivity index (χ1v) is 2.32. The van der Waals surface area contributed by atoms with Crippen molar-refractivity contribution >= 4 is 16.0 Å². The number of aliphatic hydroxyl groups is 2. The molecule has 0 aliphatic carbocycles. The summed E-state index contributed by atoms with van der Waals surface area (Å²) in [5, 5.41) is 15.3. The molecule has 3 heteroatoms. The van der Waals surface area contributed by atoms with Gasteiger partial charge in [-0.3, -0.25) is 0 Å². The Kier molecular flexibility index (Phi) is 2.90. The van der Waals surface area contributed by atoms with Crippen LogP contribution in [0.25, 0.3) is 0 Å². The van der Waals surface area contributed by atoms with Gasteiger partial charge in [0.05, 0.1) is 0 Å². The van der Waals surface area contributed by atoms with Crippen molar-refractivity contribution in [1.29, 1.82) is 0 Å². The second-order valence-electron chi connectivity index (χ2n) is 0.663. The summed E-state index contributed by atoms with van der Waals surface area (Å²) in [4.78, 5) is 0. The molecule has 2 nitrogen and oxygen atoms in total. The van der Waals surface area contributed by atoms with Crippen LogP contribution >= 0.6 is 0 Å². The van der Waals surface area contributed by atoms with Crippen LogP contribution < -0.4 is 0 Å². The first-order chi connectivity index (χ1) is 2.27. The van der Waals surface area contributed by atoms with E-state index in [4.69, 9.17) is 10.2 Å². The Balaban J connectivity index is 2.54. The number of hydrogen-bond acceptors (Lipinski definition) is 2. The molecule has 5 heavy (non-hydrogen) atoms. The SMILES string of the molecule is OCC(O)[SeH]. The fourth-order valence-electron chi connectivity index (χ4n) is 0.